The Hall–Kier alpha value is -1.78. The quantitative estimate of drug-likeness (QED) is 0.714. The van der Waals surface area contributed by atoms with Gasteiger partial charge in [0.15, 0.2) is 0 Å². The van der Waals surface area contributed by atoms with Gasteiger partial charge in [-0.15, -0.1) is 0 Å². The van der Waals surface area contributed by atoms with Crippen molar-refractivity contribution in [1.82, 2.24) is 5.32 Å². The van der Waals surface area contributed by atoms with Crippen LogP contribution in [0.4, 0.5) is 0 Å². The van der Waals surface area contributed by atoms with Crippen molar-refractivity contribution in [3.63, 3.8) is 0 Å². The summed E-state index contributed by atoms with van der Waals surface area (Å²) in [6.45, 7) is 1.84. The third-order valence-corrected chi connectivity index (χ3v) is 2.39. The summed E-state index contributed by atoms with van der Waals surface area (Å²) in [5.74, 6) is -0.197. The van der Waals surface area contributed by atoms with Crippen LogP contribution >= 0.6 is 0 Å². The molecule has 94 valence electrons. The zero-order valence-corrected chi connectivity index (χ0v) is 9.81. The van der Waals surface area contributed by atoms with Crippen molar-refractivity contribution in [3.05, 3.63) is 24.2 Å². The third kappa shape index (κ3) is 5.19. The summed E-state index contributed by atoms with van der Waals surface area (Å²) in [5, 5.41) is 11.2. The molecule has 0 spiro atoms. The van der Waals surface area contributed by atoms with Crippen LogP contribution in [0.1, 0.15) is 44.4 Å². The Balaban J connectivity index is 2.19. The first-order chi connectivity index (χ1) is 8.09. The zero-order chi connectivity index (χ0) is 12.7. The van der Waals surface area contributed by atoms with Gasteiger partial charge in [-0.1, -0.05) is 0 Å². The van der Waals surface area contributed by atoms with Gasteiger partial charge in [-0.2, -0.15) is 0 Å². The molecule has 0 fully saturated rings. The molecule has 5 nitrogen and oxygen atoms in total. The number of carbonyl (C=O) groups excluding carboxylic acids is 1. The fourth-order valence-corrected chi connectivity index (χ4v) is 1.48. The lowest BCUT2D eigenvalue weighted by Crippen LogP contribution is -2.26. The van der Waals surface area contributed by atoms with E-state index in [0.717, 1.165) is 0 Å². The molecule has 0 aliphatic rings. The second-order valence-corrected chi connectivity index (χ2v) is 3.91. The number of aliphatic carboxylic acids is 1. The molecule has 1 heterocycles. The number of nitrogens with one attached hydrogen (secondary N) is 1. The molecule has 0 bridgehead atoms. The number of furan rings is 1. The molecule has 17 heavy (non-hydrogen) atoms. The first-order valence-electron chi connectivity index (χ1n) is 5.64. The monoisotopic (exact) mass is 239 g/mol. The van der Waals surface area contributed by atoms with E-state index < -0.39 is 5.97 Å². The fraction of sp³-hybridized carbons (Fsp3) is 0.500. The Labute approximate surface area is 99.8 Å². The lowest BCUT2D eigenvalue weighted by molar-refractivity contribution is -0.137. The predicted molar refractivity (Wildman–Crippen MR) is 61.4 cm³/mol. The van der Waals surface area contributed by atoms with Crippen molar-refractivity contribution in [2.24, 2.45) is 0 Å². The number of carboxylic acids is 1. The SMILES string of the molecule is CC(NC(=O)CCCCC(=O)O)c1ccco1. The number of rotatable bonds is 7. The molecule has 1 amide bonds. The Kier molecular flexibility index (Phi) is 5.26. The molecule has 0 saturated carbocycles. The molecule has 1 aromatic heterocycles. The smallest absolute Gasteiger partial charge is 0.303 e. The third-order valence-electron chi connectivity index (χ3n) is 2.39. The van der Waals surface area contributed by atoms with E-state index in [1.807, 2.05) is 6.92 Å². The zero-order valence-electron chi connectivity index (χ0n) is 9.81. The minimum absolute atomic E-state index is 0.0840. The number of carbonyl (C=O) groups is 2. The van der Waals surface area contributed by atoms with E-state index in [2.05, 4.69) is 5.32 Å². The summed E-state index contributed by atoms with van der Waals surface area (Å²) in [6, 6.07) is 3.41. The highest BCUT2D eigenvalue weighted by Crippen LogP contribution is 2.12. The average Bonchev–Trinajstić information content (AvgIpc) is 2.77. The van der Waals surface area contributed by atoms with Crippen molar-refractivity contribution >= 4 is 11.9 Å². The van der Waals surface area contributed by atoms with Gasteiger partial charge in [0.25, 0.3) is 0 Å². The second kappa shape index (κ2) is 6.73. The van der Waals surface area contributed by atoms with Crippen LogP contribution in [0.15, 0.2) is 22.8 Å². The van der Waals surface area contributed by atoms with E-state index in [4.69, 9.17) is 9.52 Å². The van der Waals surface area contributed by atoms with Gasteiger partial charge >= 0.3 is 5.97 Å². The van der Waals surface area contributed by atoms with Gasteiger partial charge in [-0.3, -0.25) is 9.59 Å². The van der Waals surface area contributed by atoms with Crippen LogP contribution < -0.4 is 5.32 Å². The molecule has 0 radical (unpaired) electrons. The second-order valence-electron chi connectivity index (χ2n) is 3.91. The van der Waals surface area contributed by atoms with E-state index in [-0.39, 0.29) is 18.4 Å². The van der Waals surface area contributed by atoms with Crippen molar-refractivity contribution < 1.29 is 19.1 Å². The van der Waals surface area contributed by atoms with Gasteiger partial charge in [0, 0.05) is 12.8 Å². The first kappa shape index (κ1) is 13.3. The summed E-state index contributed by atoms with van der Waals surface area (Å²) in [4.78, 5) is 21.8. The van der Waals surface area contributed by atoms with Gasteiger partial charge in [0.05, 0.1) is 12.3 Å². The van der Waals surface area contributed by atoms with Crippen molar-refractivity contribution in [1.29, 1.82) is 0 Å². The molecule has 1 aromatic rings. The maximum atomic E-state index is 11.5. The van der Waals surface area contributed by atoms with Gasteiger partial charge in [0.2, 0.25) is 5.91 Å². The Morgan fingerprint density at radius 1 is 1.41 bits per heavy atom. The highest BCUT2D eigenvalue weighted by atomic mass is 16.4. The van der Waals surface area contributed by atoms with Crippen molar-refractivity contribution in [2.75, 3.05) is 0 Å². The molecule has 0 saturated heterocycles. The normalized spacial score (nSPS) is 12.1. The Morgan fingerprint density at radius 3 is 2.71 bits per heavy atom. The van der Waals surface area contributed by atoms with Crippen LogP contribution in [0.5, 0.6) is 0 Å². The number of amides is 1. The van der Waals surface area contributed by atoms with Gasteiger partial charge < -0.3 is 14.8 Å². The molecule has 2 N–H and O–H groups in total. The highest BCUT2D eigenvalue weighted by Gasteiger charge is 2.11. The summed E-state index contributed by atoms with van der Waals surface area (Å²) in [6.07, 6.45) is 3.13. The summed E-state index contributed by atoms with van der Waals surface area (Å²) in [7, 11) is 0. The van der Waals surface area contributed by atoms with Crippen molar-refractivity contribution in [2.45, 2.75) is 38.6 Å². The first-order valence-corrected chi connectivity index (χ1v) is 5.64. The lowest BCUT2D eigenvalue weighted by Gasteiger charge is -2.10. The summed E-state index contributed by atoms with van der Waals surface area (Å²) in [5.41, 5.74) is 0. The van der Waals surface area contributed by atoms with E-state index in [9.17, 15) is 9.59 Å². The van der Waals surface area contributed by atoms with Gasteiger partial charge in [-0.05, 0) is 31.9 Å². The molecule has 0 aliphatic carbocycles. The summed E-state index contributed by atoms with van der Waals surface area (Å²) >= 11 is 0. The average molecular weight is 239 g/mol. The highest BCUT2D eigenvalue weighted by molar-refractivity contribution is 5.76. The Morgan fingerprint density at radius 2 is 2.12 bits per heavy atom. The molecule has 5 heteroatoms. The topological polar surface area (TPSA) is 79.5 Å². The van der Waals surface area contributed by atoms with Crippen LogP contribution in [0, 0.1) is 0 Å². The number of unbranched alkanes of at least 4 members (excludes halogenated alkanes) is 1. The van der Waals surface area contributed by atoms with Gasteiger partial charge in [0.1, 0.15) is 5.76 Å². The van der Waals surface area contributed by atoms with Crippen LogP contribution in [0.3, 0.4) is 0 Å². The maximum absolute atomic E-state index is 11.5. The van der Waals surface area contributed by atoms with Gasteiger partial charge in [-0.25, -0.2) is 0 Å². The van der Waals surface area contributed by atoms with Crippen LogP contribution in [-0.4, -0.2) is 17.0 Å². The van der Waals surface area contributed by atoms with Crippen molar-refractivity contribution in [3.8, 4) is 0 Å². The van der Waals surface area contributed by atoms with Crippen LogP contribution in [0.2, 0.25) is 0 Å². The predicted octanol–water partition coefficient (Wildman–Crippen LogP) is 2.10. The Bertz CT molecular complexity index is 359. The number of hydrogen-bond acceptors (Lipinski definition) is 3. The van der Waals surface area contributed by atoms with Crippen LogP contribution in [0.25, 0.3) is 0 Å². The molecule has 1 unspecified atom stereocenters. The number of carboxylic acid groups (broad SMARTS) is 1. The lowest BCUT2D eigenvalue weighted by atomic mass is 10.1. The molecule has 1 rings (SSSR count). The minimum atomic E-state index is -0.825. The van der Waals surface area contributed by atoms with E-state index in [0.29, 0.717) is 25.0 Å². The molecule has 1 atom stereocenters. The minimum Gasteiger partial charge on any atom is -0.481 e. The van der Waals surface area contributed by atoms with E-state index in [1.165, 1.54) is 0 Å². The standard InChI is InChI=1S/C12H17NO4/c1-9(10-5-4-8-17-10)13-11(14)6-2-3-7-12(15)16/h4-5,8-9H,2-3,6-7H2,1H3,(H,13,14)(H,15,16). The molecule has 0 aromatic carbocycles. The number of hydrogen-bond donors (Lipinski definition) is 2. The molecular formula is C12H17NO4. The van der Waals surface area contributed by atoms with E-state index in [1.54, 1.807) is 18.4 Å². The fourth-order valence-electron chi connectivity index (χ4n) is 1.48. The largest absolute Gasteiger partial charge is 0.481 e. The molecule has 0 aliphatic heterocycles. The maximum Gasteiger partial charge on any atom is 0.303 e. The molecular weight excluding hydrogens is 222 g/mol. The van der Waals surface area contributed by atoms with E-state index >= 15 is 0 Å². The summed E-state index contributed by atoms with van der Waals surface area (Å²) < 4.78 is 5.16. The van der Waals surface area contributed by atoms with Crippen LogP contribution in [-0.2, 0) is 9.59 Å².